The molecule has 1 aliphatic heterocycles. The largest absolute Gasteiger partial charge is 0.496 e. The monoisotopic (exact) mass is 403 g/mol. The molecule has 6 nitrogen and oxygen atoms in total. The number of nitrogens with one attached hydrogen (secondary N) is 1. The summed E-state index contributed by atoms with van der Waals surface area (Å²) in [6.45, 7) is 1.56. The predicted octanol–water partition coefficient (Wildman–Crippen LogP) is 4.49. The van der Waals surface area contributed by atoms with Gasteiger partial charge in [-0.05, 0) is 49.7 Å². The maximum Gasteiger partial charge on any atom is 0.241 e. The first-order valence-corrected chi connectivity index (χ1v) is 10.1. The summed E-state index contributed by atoms with van der Waals surface area (Å²) in [5.41, 5.74) is 1.73. The van der Waals surface area contributed by atoms with Crippen molar-refractivity contribution in [2.75, 3.05) is 19.0 Å². The van der Waals surface area contributed by atoms with E-state index in [-0.39, 0.29) is 11.9 Å². The fraction of sp³-hybridized carbons (Fsp3) is 0.250. The van der Waals surface area contributed by atoms with Crippen molar-refractivity contribution >= 4 is 11.6 Å². The average molecular weight is 403 g/mol. The molecule has 6 heteroatoms. The Morgan fingerprint density at radius 1 is 1.10 bits per heavy atom. The first-order valence-electron chi connectivity index (χ1n) is 10.1. The number of carbonyl (C=O) groups is 1. The van der Waals surface area contributed by atoms with Gasteiger partial charge in [0.25, 0.3) is 0 Å². The average Bonchev–Trinajstić information content (AvgIpc) is 3.24. The van der Waals surface area contributed by atoms with Crippen molar-refractivity contribution in [1.82, 2.24) is 9.88 Å². The summed E-state index contributed by atoms with van der Waals surface area (Å²) >= 11 is 0. The highest BCUT2D eigenvalue weighted by Crippen LogP contribution is 2.30. The van der Waals surface area contributed by atoms with Crippen molar-refractivity contribution in [3.8, 4) is 17.2 Å². The molecule has 1 atom stereocenters. The number of benzene rings is 2. The number of hydrogen-bond acceptors (Lipinski definition) is 5. The lowest BCUT2D eigenvalue weighted by Crippen LogP contribution is -2.39. The van der Waals surface area contributed by atoms with E-state index >= 15 is 0 Å². The number of pyridine rings is 1. The van der Waals surface area contributed by atoms with E-state index in [4.69, 9.17) is 9.47 Å². The van der Waals surface area contributed by atoms with Gasteiger partial charge in [-0.2, -0.15) is 0 Å². The van der Waals surface area contributed by atoms with Gasteiger partial charge in [0, 0.05) is 18.3 Å². The summed E-state index contributed by atoms with van der Waals surface area (Å²) in [6, 6.07) is 18.8. The van der Waals surface area contributed by atoms with Gasteiger partial charge >= 0.3 is 0 Å². The van der Waals surface area contributed by atoms with Gasteiger partial charge < -0.3 is 14.8 Å². The summed E-state index contributed by atoms with van der Waals surface area (Å²) in [5, 5.41) is 3.06. The summed E-state index contributed by atoms with van der Waals surface area (Å²) in [7, 11) is 1.67. The minimum atomic E-state index is -0.193. The predicted molar refractivity (Wildman–Crippen MR) is 116 cm³/mol. The molecular formula is C24H25N3O3. The highest BCUT2D eigenvalue weighted by atomic mass is 16.5. The zero-order valence-corrected chi connectivity index (χ0v) is 17.0. The third-order valence-corrected chi connectivity index (χ3v) is 5.24. The molecule has 1 aliphatic rings. The third kappa shape index (κ3) is 4.60. The normalized spacial score (nSPS) is 16.2. The number of amides is 1. The molecule has 3 aromatic rings. The summed E-state index contributed by atoms with van der Waals surface area (Å²) in [4.78, 5) is 19.4. The van der Waals surface area contributed by atoms with Crippen molar-refractivity contribution in [3.05, 3.63) is 78.6 Å². The molecule has 1 fully saturated rings. The van der Waals surface area contributed by atoms with Gasteiger partial charge in [-0.25, -0.2) is 0 Å². The van der Waals surface area contributed by atoms with Crippen LogP contribution in [-0.2, 0) is 11.3 Å². The fourth-order valence-electron chi connectivity index (χ4n) is 3.77. The molecule has 0 unspecified atom stereocenters. The van der Waals surface area contributed by atoms with Gasteiger partial charge in [0.05, 0.1) is 25.0 Å². The quantitative estimate of drug-likeness (QED) is 0.630. The number of aromatic nitrogens is 1. The zero-order chi connectivity index (χ0) is 20.8. The maximum atomic E-state index is 13.1. The van der Waals surface area contributed by atoms with E-state index in [1.54, 1.807) is 19.5 Å². The molecule has 4 rings (SSSR count). The Bertz CT molecular complexity index is 994. The number of nitrogens with zero attached hydrogens (tertiary/aromatic N) is 2. The maximum absolute atomic E-state index is 13.1. The van der Waals surface area contributed by atoms with Crippen LogP contribution in [0, 0.1) is 0 Å². The highest BCUT2D eigenvalue weighted by molar-refractivity contribution is 5.96. The Morgan fingerprint density at radius 2 is 1.90 bits per heavy atom. The SMILES string of the molecule is COc1ccccc1CN1CCC[C@@H]1C(=O)Nc1ccccc1Oc1cccnc1. The van der Waals surface area contributed by atoms with Crippen LogP contribution in [0.15, 0.2) is 73.1 Å². The standard InChI is InChI=1S/C24H25N3O3/c1-29-22-12-4-2-8-18(22)17-27-15-7-11-21(27)24(28)26-20-10-3-5-13-23(20)30-19-9-6-14-25-16-19/h2-6,8-10,12-14,16,21H,7,11,15,17H2,1H3,(H,26,28)/t21-/m1/s1. The van der Waals surface area contributed by atoms with Crippen LogP contribution in [0.3, 0.4) is 0 Å². The van der Waals surface area contributed by atoms with Gasteiger partial charge in [0.2, 0.25) is 5.91 Å². The molecule has 30 heavy (non-hydrogen) atoms. The van der Waals surface area contributed by atoms with Gasteiger partial charge in [-0.3, -0.25) is 14.7 Å². The van der Waals surface area contributed by atoms with Crippen LogP contribution >= 0.6 is 0 Å². The number of hydrogen-bond donors (Lipinski definition) is 1. The van der Waals surface area contributed by atoms with Gasteiger partial charge in [-0.1, -0.05) is 30.3 Å². The topological polar surface area (TPSA) is 63.7 Å². The van der Waals surface area contributed by atoms with E-state index in [9.17, 15) is 4.79 Å². The third-order valence-electron chi connectivity index (χ3n) is 5.24. The second-order valence-electron chi connectivity index (χ2n) is 7.22. The van der Waals surface area contributed by atoms with Gasteiger partial charge in [0.1, 0.15) is 11.5 Å². The van der Waals surface area contributed by atoms with Crippen molar-refractivity contribution in [3.63, 3.8) is 0 Å². The molecule has 1 amide bonds. The Kier molecular flexibility index (Phi) is 6.25. The van der Waals surface area contributed by atoms with Gasteiger partial charge in [0.15, 0.2) is 5.75 Å². The molecular weight excluding hydrogens is 378 g/mol. The number of carbonyl (C=O) groups excluding carboxylic acids is 1. The van der Waals surface area contributed by atoms with E-state index in [1.807, 2.05) is 60.7 Å². The van der Waals surface area contributed by atoms with Gasteiger partial charge in [-0.15, -0.1) is 0 Å². The Balaban J connectivity index is 1.47. The van der Waals surface area contributed by atoms with Crippen LogP contribution in [0.2, 0.25) is 0 Å². The van der Waals surface area contributed by atoms with Crippen LogP contribution in [0.4, 0.5) is 5.69 Å². The van der Waals surface area contributed by atoms with E-state index in [0.29, 0.717) is 23.7 Å². The Morgan fingerprint density at radius 3 is 2.70 bits per heavy atom. The first kappa shape index (κ1) is 19.9. The number of anilines is 1. The van der Waals surface area contributed by atoms with Crippen LogP contribution < -0.4 is 14.8 Å². The first-order chi connectivity index (χ1) is 14.7. The smallest absolute Gasteiger partial charge is 0.241 e. The van der Waals surface area contributed by atoms with Crippen LogP contribution in [0.25, 0.3) is 0 Å². The highest BCUT2D eigenvalue weighted by Gasteiger charge is 2.31. The molecule has 2 aromatic carbocycles. The molecule has 0 saturated carbocycles. The Labute approximate surface area is 176 Å². The second-order valence-corrected chi connectivity index (χ2v) is 7.22. The molecule has 0 bridgehead atoms. The van der Waals surface area contributed by atoms with E-state index in [1.165, 1.54) is 0 Å². The van der Waals surface area contributed by atoms with Crippen molar-refractivity contribution < 1.29 is 14.3 Å². The number of ether oxygens (including phenoxy) is 2. The lowest BCUT2D eigenvalue weighted by atomic mass is 10.1. The van der Waals surface area contributed by atoms with E-state index in [0.717, 1.165) is 30.7 Å². The lowest BCUT2D eigenvalue weighted by Gasteiger charge is -2.25. The second kappa shape index (κ2) is 9.41. The number of rotatable bonds is 7. The van der Waals surface area contributed by atoms with E-state index < -0.39 is 0 Å². The minimum absolute atomic E-state index is 0.0235. The zero-order valence-electron chi connectivity index (χ0n) is 17.0. The van der Waals surface area contributed by atoms with Crippen molar-refractivity contribution in [1.29, 1.82) is 0 Å². The summed E-state index contributed by atoms with van der Waals surface area (Å²) in [6.07, 6.45) is 5.15. The molecule has 1 N–H and O–H groups in total. The Hall–Kier alpha value is -3.38. The molecule has 154 valence electrons. The van der Waals surface area contributed by atoms with Crippen molar-refractivity contribution in [2.45, 2.75) is 25.4 Å². The number of para-hydroxylation sites is 3. The molecule has 1 aromatic heterocycles. The number of likely N-dealkylation sites (tertiary alicyclic amines) is 1. The van der Waals surface area contributed by atoms with Crippen molar-refractivity contribution in [2.24, 2.45) is 0 Å². The molecule has 1 saturated heterocycles. The number of methoxy groups -OCH3 is 1. The minimum Gasteiger partial charge on any atom is -0.496 e. The van der Waals surface area contributed by atoms with Crippen LogP contribution in [0.1, 0.15) is 18.4 Å². The fourth-order valence-corrected chi connectivity index (χ4v) is 3.77. The molecule has 0 radical (unpaired) electrons. The lowest BCUT2D eigenvalue weighted by molar-refractivity contribution is -0.120. The van der Waals surface area contributed by atoms with Crippen LogP contribution in [0.5, 0.6) is 17.2 Å². The molecule has 0 aliphatic carbocycles. The molecule has 0 spiro atoms. The molecule has 2 heterocycles. The van der Waals surface area contributed by atoms with Crippen LogP contribution in [-0.4, -0.2) is 35.5 Å². The summed E-state index contributed by atoms with van der Waals surface area (Å²) in [5.74, 6) is 2.04. The summed E-state index contributed by atoms with van der Waals surface area (Å²) < 4.78 is 11.4. The van der Waals surface area contributed by atoms with E-state index in [2.05, 4.69) is 15.2 Å².